The molecule has 1 unspecified atom stereocenters. The van der Waals surface area contributed by atoms with Gasteiger partial charge in [-0.05, 0) is 33.1 Å². The van der Waals surface area contributed by atoms with Gasteiger partial charge in [0.2, 0.25) is 11.1 Å². The highest BCUT2D eigenvalue weighted by atomic mass is 32.2. The van der Waals surface area contributed by atoms with Crippen LogP contribution in [0.3, 0.4) is 0 Å². The van der Waals surface area contributed by atoms with Gasteiger partial charge in [-0.1, -0.05) is 41.6 Å². The summed E-state index contributed by atoms with van der Waals surface area (Å²) in [6, 6.07) is 8.29. The third-order valence-corrected chi connectivity index (χ3v) is 5.35. The zero-order chi connectivity index (χ0) is 17.1. The molecule has 1 atom stereocenters. The summed E-state index contributed by atoms with van der Waals surface area (Å²) >= 11 is 1.34. The van der Waals surface area contributed by atoms with Gasteiger partial charge in [0.15, 0.2) is 5.82 Å². The van der Waals surface area contributed by atoms with Crippen LogP contribution >= 0.6 is 11.8 Å². The fraction of sp³-hybridized carbons (Fsp3) is 0.471. The Bertz CT molecular complexity index is 712. The van der Waals surface area contributed by atoms with Crippen LogP contribution in [-0.2, 0) is 4.79 Å². The molecule has 2 aromatic rings. The summed E-state index contributed by atoms with van der Waals surface area (Å²) in [6.07, 6.45) is 3.38. The lowest BCUT2D eigenvalue weighted by atomic mass is 10.0. The van der Waals surface area contributed by atoms with Gasteiger partial charge in [-0.15, -0.1) is 10.2 Å². The second-order valence-electron chi connectivity index (χ2n) is 6.26. The van der Waals surface area contributed by atoms with Gasteiger partial charge in [-0.2, -0.15) is 0 Å². The van der Waals surface area contributed by atoms with Crippen LogP contribution < -0.4 is 5.84 Å². The number of thioether (sulfide) groups is 1. The smallest absolute Gasteiger partial charge is 0.233 e. The quantitative estimate of drug-likeness (QED) is 0.680. The average Bonchev–Trinajstić information content (AvgIpc) is 2.95. The fourth-order valence-electron chi connectivity index (χ4n) is 2.95. The number of nitrogens with two attached hydrogens (primary N) is 1. The SMILES string of the molecule is Cc1ccc(-c2nnc(SCC(=O)N3CCCCC3C)n2N)cc1. The normalized spacial score (nSPS) is 17.9. The minimum absolute atomic E-state index is 0.145. The van der Waals surface area contributed by atoms with E-state index in [2.05, 4.69) is 17.1 Å². The molecule has 24 heavy (non-hydrogen) atoms. The number of nitrogens with zero attached hydrogens (tertiary/aromatic N) is 4. The minimum Gasteiger partial charge on any atom is -0.339 e. The number of likely N-dealkylation sites (tertiary alicyclic amines) is 1. The Labute approximate surface area is 146 Å². The van der Waals surface area contributed by atoms with Gasteiger partial charge < -0.3 is 10.7 Å². The first-order chi connectivity index (χ1) is 11.6. The lowest BCUT2D eigenvalue weighted by molar-refractivity contribution is -0.131. The van der Waals surface area contributed by atoms with Gasteiger partial charge in [-0.3, -0.25) is 4.79 Å². The Kier molecular flexibility index (Phi) is 5.08. The average molecular weight is 345 g/mol. The molecule has 1 aromatic carbocycles. The van der Waals surface area contributed by atoms with E-state index in [0.717, 1.165) is 24.9 Å². The van der Waals surface area contributed by atoms with E-state index in [1.54, 1.807) is 0 Å². The molecule has 6 nitrogen and oxygen atoms in total. The number of aryl methyl sites for hydroxylation is 1. The molecule has 128 valence electrons. The highest BCUT2D eigenvalue weighted by molar-refractivity contribution is 7.99. The molecule has 3 rings (SSSR count). The number of rotatable bonds is 4. The van der Waals surface area contributed by atoms with Crippen molar-refractivity contribution in [1.29, 1.82) is 0 Å². The number of hydrogen-bond donors (Lipinski definition) is 1. The Hall–Kier alpha value is -2.02. The topological polar surface area (TPSA) is 77.0 Å². The number of aromatic nitrogens is 3. The molecule has 0 bridgehead atoms. The standard InChI is InChI=1S/C17H23N5OS/c1-12-6-8-14(9-7-12)16-19-20-17(22(16)18)24-11-15(23)21-10-4-3-5-13(21)2/h6-9,13H,3-5,10-11,18H2,1-2H3. The van der Waals surface area contributed by atoms with E-state index in [0.29, 0.717) is 22.8 Å². The van der Waals surface area contributed by atoms with Gasteiger partial charge in [0.05, 0.1) is 5.75 Å². The molecule has 2 N–H and O–H groups in total. The van der Waals surface area contributed by atoms with Crippen LogP contribution in [0.4, 0.5) is 0 Å². The Morgan fingerprint density at radius 2 is 2.04 bits per heavy atom. The Morgan fingerprint density at radius 1 is 1.29 bits per heavy atom. The highest BCUT2D eigenvalue weighted by Gasteiger charge is 2.23. The predicted molar refractivity (Wildman–Crippen MR) is 96.1 cm³/mol. The van der Waals surface area contributed by atoms with Crippen molar-refractivity contribution >= 4 is 17.7 Å². The maximum atomic E-state index is 12.4. The predicted octanol–water partition coefficient (Wildman–Crippen LogP) is 2.46. The Balaban J connectivity index is 1.66. The zero-order valence-corrected chi connectivity index (χ0v) is 14.9. The number of benzene rings is 1. The number of carbonyl (C=O) groups is 1. The maximum absolute atomic E-state index is 12.4. The third-order valence-electron chi connectivity index (χ3n) is 4.42. The van der Waals surface area contributed by atoms with Crippen LogP contribution in [0.1, 0.15) is 31.7 Å². The maximum Gasteiger partial charge on any atom is 0.233 e. The molecule has 0 aliphatic carbocycles. The minimum atomic E-state index is 0.145. The summed E-state index contributed by atoms with van der Waals surface area (Å²) in [4.78, 5) is 14.4. The van der Waals surface area contributed by atoms with Crippen LogP contribution in [0.15, 0.2) is 29.4 Å². The molecule has 1 fully saturated rings. The van der Waals surface area contributed by atoms with Gasteiger partial charge >= 0.3 is 0 Å². The number of carbonyl (C=O) groups excluding carboxylic acids is 1. The first-order valence-corrected chi connectivity index (χ1v) is 9.24. The largest absolute Gasteiger partial charge is 0.339 e. The van der Waals surface area contributed by atoms with Crippen molar-refractivity contribution in [1.82, 2.24) is 19.8 Å². The molecule has 1 aromatic heterocycles. The summed E-state index contributed by atoms with van der Waals surface area (Å²) in [5.41, 5.74) is 2.09. The third kappa shape index (κ3) is 3.56. The number of piperidine rings is 1. The van der Waals surface area contributed by atoms with Crippen LogP contribution in [0, 0.1) is 6.92 Å². The highest BCUT2D eigenvalue weighted by Crippen LogP contribution is 2.23. The van der Waals surface area contributed by atoms with Crippen molar-refractivity contribution in [3.05, 3.63) is 29.8 Å². The molecule has 0 spiro atoms. The molecule has 1 saturated heterocycles. The summed E-state index contributed by atoms with van der Waals surface area (Å²) < 4.78 is 1.46. The van der Waals surface area contributed by atoms with E-state index < -0.39 is 0 Å². The number of hydrogen-bond acceptors (Lipinski definition) is 5. The van der Waals surface area contributed by atoms with Gasteiger partial charge in [0, 0.05) is 18.2 Å². The molecule has 1 amide bonds. The van der Waals surface area contributed by atoms with E-state index in [4.69, 9.17) is 5.84 Å². The molecular formula is C17H23N5OS. The fourth-order valence-corrected chi connectivity index (χ4v) is 3.70. The molecule has 0 radical (unpaired) electrons. The van der Waals surface area contributed by atoms with E-state index in [1.807, 2.05) is 36.1 Å². The molecule has 0 saturated carbocycles. The van der Waals surface area contributed by atoms with Crippen LogP contribution in [-0.4, -0.2) is 44.0 Å². The summed E-state index contributed by atoms with van der Waals surface area (Å²) in [5.74, 6) is 7.21. The van der Waals surface area contributed by atoms with Crippen molar-refractivity contribution < 1.29 is 4.79 Å². The van der Waals surface area contributed by atoms with Crippen molar-refractivity contribution in [2.45, 2.75) is 44.3 Å². The van der Waals surface area contributed by atoms with Crippen LogP contribution in [0.5, 0.6) is 0 Å². The van der Waals surface area contributed by atoms with Gasteiger partial charge in [0.25, 0.3) is 0 Å². The summed E-state index contributed by atoms with van der Waals surface area (Å²) in [6.45, 7) is 5.00. The summed E-state index contributed by atoms with van der Waals surface area (Å²) in [7, 11) is 0. The molecular weight excluding hydrogens is 322 g/mol. The number of nitrogen functional groups attached to an aromatic ring is 1. The lowest BCUT2D eigenvalue weighted by Gasteiger charge is -2.33. The molecule has 7 heteroatoms. The first-order valence-electron chi connectivity index (χ1n) is 8.26. The van der Waals surface area contributed by atoms with Crippen LogP contribution in [0.25, 0.3) is 11.4 Å². The van der Waals surface area contributed by atoms with Gasteiger partial charge in [-0.25, -0.2) is 4.68 Å². The molecule has 1 aliphatic heterocycles. The monoisotopic (exact) mass is 345 g/mol. The van der Waals surface area contributed by atoms with Crippen molar-refractivity contribution in [2.75, 3.05) is 18.1 Å². The van der Waals surface area contributed by atoms with E-state index >= 15 is 0 Å². The summed E-state index contributed by atoms with van der Waals surface area (Å²) in [5, 5.41) is 8.85. The van der Waals surface area contributed by atoms with Gasteiger partial charge in [0.1, 0.15) is 0 Å². The molecule has 1 aliphatic rings. The molecule has 2 heterocycles. The van der Waals surface area contributed by atoms with E-state index in [-0.39, 0.29) is 5.91 Å². The second-order valence-corrected chi connectivity index (χ2v) is 7.21. The van der Waals surface area contributed by atoms with Crippen molar-refractivity contribution in [3.8, 4) is 11.4 Å². The first kappa shape index (κ1) is 16.8. The second kappa shape index (κ2) is 7.25. The lowest BCUT2D eigenvalue weighted by Crippen LogP contribution is -2.43. The van der Waals surface area contributed by atoms with E-state index in [1.165, 1.54) is 28.4 Å². The number of amides is 1. The van der Waals surface area contributed by atoms with Crippen molar-refractivity contribution in [2.24, 2.45) is 0 Å². The Morgan fingerprint density at radius 3 is 2.75 bits per heavy atom. The zero-order valence-electron chi connectivity index (χ0n) is 14.1. The van der Waals surface area contributed by atoms with E-state index in [9.17, 15) is 4.79 Å². The van der Waals surface area contributed by atoms with Crippen LogP contribution in [0.2, 0.25) is 0 Å². The van der Waals surface area contributed by atoms with Crippen molar-refractivity contribution in [3.63, 3.8) is 0 Å².